The number of morpholine rings is 1. The number of hydrogen-bond donors (Lipinski definition) is 2. The lowest BCUT2D eigenvalue weighted by molar-refractivity contribution is 0.0730. The summed E-state index contributed by atoms with van der Waals surface area (Å²) in [5, 5.41) is 6.17. The van der Waals surface area contributed by atoms with E-state index < -0.39 is 10.0 Å². The van der Waals surface area contributed by atoms with E-state index in [1.807, 2.05) is 0 Å². The number of nitrogens with zero attached hydrogens (tertiary/aromatic N) is 2. The number of halogens is 1. The molecule has 0 atom stereocenters. The van der Waals surface area contributed by atoms with Crippen molar-refractivity contribution in [3.8, 4) is 0 Å². The predicted octanol–water partition coefficient (Wildman–Crippen LogP) is 0.0874. The number of rotatable bonds is 6. The molecule has 0 saturated carbocycles. The molecular formula is C12H27IN4O3S. The molecule has 1 aliphatic heterocycles. The molecule has 0 aromatic carbocycles. The van der Waals surface area contributed by atoms with Gasteiger partial charge in [-0.3, -0.25) is 4.99 Å². The van der Waals surface area contributed by atoms with Crippen molar-refractivity contribution in [2.24, 2.45) is 10.9 Å². The molecule has 1 rings (SSSR count). The van der Waals surface area contributed by atoms with Crippen molar-refractivity contribution in [2.75, 3.05) is 52.2 Å². The maximum absolute atomic E-state index is 12.1. The van der Waals surface area contributed by atoms with E-state index in [1.165, 1.54) is 4.31 Å². The standard InChI is InChI=1S/C12H26N4O3S.HI/c1-11(2)10-15-12(13-3)14-4-9-20(17,18)16-5-7-19-8-6-16;/h11H,4-10H2,1-3H3,(H2,13,14,15);1H. The summed E-state index contributed by atoms with van der Waals surface area (Å²) in [4.78, 5) is 4.06. The minimum absolute atomic E-state index is 0. The van der Waals surface area contributed by atoms with Gasteiger partial charge in [-0.15, -0.1) is 24.0 Å². The van der Waals surface area contributed by atoms with Crippen LogP contribution in [0.3, 0.4) is 0 Å². The van der Waals surface area contributed by atoms with Crippen LogP contribution < -0.4 is 10.6 Å². The summed E-state index contributed by atoms with van der Waals surface area (Å²) in [6, 6.07) is 0. The Balaban J connectivity index is 0.00000400. The summed E-state index contributed by atoms with van der Waals surface area (Å²) < 4.78 is 30.8. The summed E-state index contributed by atoms with van der Waals surface area (Å²) >= 11 is 0. The lowest BCUT2D eigenvalue weighted by Gasteiger charge is -2.26. The predicted molar refractivity (Wildman–Crippen MR) is 95.8 cm³/mol. The fourth-order valence-electron chi connectivity index (χ4n) is 1.77. The molecule has 0 unspecified atom stereocenters. The average Bonchev–Trinajstić information content (AvgIpc) is 2.43. The number of hydrogen-bond acceptors (Lipinski definition) is 4. The maximum atomic E-state index is 12.1. The van der Waals surface area contributed by atoms with Gasteiger partial charge in [0.1, 0.15) is 0 Å². The summed E-state index contributed by atoms with van der Waals surface area (Å²) in [7, 11) is -1.54. The summed E-state index contributed by atoms with van der Waals surface area (Å²) in [5.41, 5.74) is 0. The number of aliphatic imine (C=N–C) groups is 1. The van der Waals surface area contributed by atoms with Gasteiger partial charge in [0.25, 0.3) is 0 Å². The van der Waals surface area contributed by atoms with Gasteiger partial charge < -0.3 is 15.4 Å². The van der Waals surface area contributed by atoms with Crippen molar-refractivity contribution < 1.29 is 13.2 Å². The Hall–Kier alpha value is -0.130. The zero-order valence-electron chi connectivity index (χ0n) is 13.0. The molecule has 0 bridgehead atoms. The van der Waals surface area contributed by atoms with Gasteiger partial charge in [-0.05, 0) is 5.92 Å². The van der Waals surface area contributed by atoms with Crippen LogP contribution in [0.5, 0.6) is 0 Å². The second-order valence-electron chi connectivity index (χ2n) is 5.10. The van der Waals surface area contributed by atoms with Gasteiger partial charge in [-0.1, -0.05) is 13.8 Å². The van der Waals surface area contributed by atoms with Crippen molar-refractivity contribution in [1.82, 2.24) is 14.9 Å². The highest BCUT2D eigenvalue weighted by atomic mass is 127. The Kier molecular flexibility index (Phi) is 10.5. The van der Waals surface area contributed by atoms with Gasteiger partial charge in [-0.25, -0.2) is 8.42 Å². The highest BCUT2D eigenvalue weighted by Crippen LogP contribution is 2.04. The van der Waals surface area contributed by atoms with E-state index >= 15 is 0 Å². The van der Waals surface area contributed by atoms with Gasteiger partial charge in [0.2, 0.25) is 10.0 Å². The fraction of sp³-hybridized carbons (Fsp3) is 0.917. The van der Waals surface area contributed by atoms with E-state index in [0.29, 0.717) is 44.7 Å². The molecule has 0 spiro atoms. The Bertz CT molecular complexity index is 409. The van der Waals surface area contributed by atoms with Crippen molar-refractivity contribution in [3.05, 3.63) is 0 Å². The molecular weight excluding hydrogens is 407 g/mol. The third-order valence-corrected chi connectivity index (χ3v) is 4.79. The first-order chi connectivity index (χ1) is 9.45. The number of nitrogens with one attached hydrogen (secondary N) is 2. The summed E-state index contributed by atoms with van der Waals surface area (Å²) in [6.45, 7) is 7.19. The van der Waals surface area contributed by atoms with Crippen LogP contribution in [0.1, 0.15) is 13.8 Å². The first-order valence-corrected chi connectivity index (χ1v) is 8.56. The molecule has 0 aromatic rings. The highest BCUT2D eigenvalue weighted by molar-refractivity contribution is 14.0. The van der Waals surface area contributed by atoms with Gasteiger partial charge in [0.05, 0.1) is 19.0 Å². The Labute approximate surface area is 145 Å². The largest absolute Gasteiger partial charge is 0.379 e. The molecule has 1 aliphatic rings. The molecule has 0 radical (unpaired) electrons. The van der Waals surface area contributed by atoms with Crippen molar-refractivity contribution >= 4 is 40.0 Å². The van der Waals surface area contributed by atoms with Crippen LogP contribution in [0.2, 0.25) is 0 Å². The molecule has 0 aromatic heterocycles. The van der Waals surface area contributed by atoms with Gasteiger partial charge in [0, 0.05) is 33.2 Å². The first-order valence-electron chi connectivity index (χ1n) is 6.96. The van der Waals surface area contributed by atoms with E-state index in [9.17, 15) is 8.42 Å². The maximum Gasteiger partial charge on any atom is 0.215 e. The second kappa shape index (κ2) is 10.6. The Morgan fingerprint density at radius 1 is 1.29 bits per heavy atom. The van der Waals surface area contributed by atoms with Crippen LogP contribution >= 0.6 is 24.0 Å². The van der Waals surface area contributed by atoms with Gasteiger partial charge >= 0.3 is 0 Å². The van der Waals surface area contributed by atoms with Gasteiger partial charge in [0.15, 0.2) is 5.96 Å². The zero-order valence-corrected chi connectivity index (χ0v) is 16.1. The van der Waals surface area contributed by atoms with Crippen molar-refractivity contribution in [3.63, 3.8) is 0 Å². The zero-order chi connectivity index (χ0) is 15.0. The lowest BCUT2D eigenvalue weighted by Crippen LogP contribution is -2.45. The number of ether oxygens (including phenoxy) is 1. The quantitative estimate of drug-likeness (QED) is 0.352. The average molecular weight is 434 g/mol. The minimum Gasteiger partial charge on any atom is -0.379 e. The molecule has 9 heteroatoms. The molecule has 1 fully saturated rings. The molecule has 1 heterocycles. The molecule has 1 saturated heterocycles. The second-order valence-corrected chi connectivity index (χ2v) is 7.19. The van der Waals surface area contributed by atoms with E-state index in [0.717, 1.165) is 6.54 Å². The molecule has 0 amide bonds. The lowest BCUT2D eigenvalue weighted by atomic mass is 10.2. The van der Waals surface area contributed by atoms with Crippen molar-refractivity contribution in [1.29, 1.82) is 0 Å². The van der Waals surface area contributed by atoms with E-state index in [1.54, 1.807) is 7.05 Å². The number of sulfonamides is 1. The first kappa shape index (κ1) is 20.9. The Morgan fingerprint density at radius 2 is 1.90 bits per heavy atom. The molecule has 126 valence electrons. The van der Waals surface area contributed by atoms with E-state index in [-0.39, 0.29) is 29.7 Å². The minimum atomic E-state index is -3.21. The van der Waals surface area contributed by atoms with Crippen LogP contribution in [-0.4, -0.2) is 70.9 Å². The van der Waals surface area contributed by atoms with Crippen LogP contribution in [0.4, 0.5) is 0 Å². The van der Waals surface area contributed by atoms with Crippen LogP contribution in [0.15, 0.2) is 4.99 Å². The smallest absolute Gasteiger partial charge is 0.215 e. The summed E-state index contributed by atoms with van der Waals surface area (Å²) in [6.07, 6.45) is 0. The fourth-order valence-corrected chi connectivity index (χ4v) is 3.10. The molecule has 7 nitrogen and oxygen atoms in total. The van der Waals surface area contributed by atoms with Crippen molar-refractivity contribution in [2.45, 2.75) is 13.8 Å². The van der Waals surface area contributed by atoms with E-state index in [2.05, 4.69) is 29.5 Å². The highest BCUT2D eigenvalue weighted by Gasteiger charge is 2.23. The molecule has 21 heavy (non-hydrogen) atoms. The normalized spacial score (nSPS) is 17.4. The van der Waals surface area contributed by atoms with Crippen LogP contribution in [0.25, 0.3) is 0 Å². The van der Waals surface area contributed by atoms with Crippen LogP contribution in [-0.2, 0) is 14.8 Å². The Morgan fingerprint density at radius 3 is 2.43 bits per heavy atom. The third-order valence-electron chi connectivity index (χ3n) is 2.92. The molecule has 0 aliphatic carbocycles. The SMILES string of the molecule is CN=C(NCCS(=O)(=O)N1CCOCC1)NCC(C)C.I. The van der Waals surface area contributed by atoms with E-state index in [4.69, 9.17) is 4.74 Å². The topological polar surface area (TPSA) is 83.0 Å². The monoisotopic (exact) mass is 434 g/mol. The summed E-state index contributed by atoms with van der Waals surface area (Å²) in [5.74, 6) is 1.21. The van der Waals surface area contributed by atoms with Crippen LogP contribution in [0, 0.1) is 5.92 Å². The third kappa shape index (κ3) is 8.17. The molecule has 2 N–H and O–H groups in total. The number of guanidine groups is 1. The van der Waals surface area contributed by atoms with Gasteiger partial charge in [-0.2, -0.15) is 4.31 Å².